The van der Waals surface area contributed by atoms with E-state index < -0.39 is 0 Å². The summed E-state index contributed by atoms with van der Waals surface area (Å²) in [5.41, 5.74) is 1.26. The van der Waals surface area contributed by atoms with Crippen molar-refractivity contribution in [1.29, 1.82) is 0 Å². The van der Waals surface area contributed by atoms with Crippen LogP contribution < -0.4 is 5.32 Å². The van der Waals surface area contributed by atoms with Crippen molar-refractivity contribution in [3.63, 3.8) is 0 Å². The molecule has 0 aliphatic heterocycles. The van der Waals surface area contributed by atoms with Crippen LogP contribution in [0.5, 0.6) is 0 Å². The molecule has 0 atom stereocenters. The second-order valence-corrected chi connectivity index (χ2v) is 4.65. The number of hydrogen-bond donors (Lipinski definition) is 1. The molecule has 84 valence electrons. The fourth-order valence-electron chi connectivity index (χ4n) is 1.41. The Hall–Kier alpha value is -1.42. The fraction of sp³-hybridized carbons (Fsp3) is 0.333. The summed E-state index contributed by atoms with van der Waals surface area (Å²) in [6.07, 6.45) is 2.14. The molecule has 0 amide bonds. The van der Waals surface area contributed by atoms with E-state index in [0.29, 0.717) is 0 Å². The van der Waals surface area contributed by atoms with Gasteiger partial charge in [0.2, 0.25) is 5.13 Å². The smallest absolute Gasteiger partial charge is 0.205 e. The predicted octanol–water partition coefficient (Wildman–Crippen LogP) is 3.10. The van der Waals surface area contributed by atoms with E-state index in [2.05, 4.69) is 34.6 Å². The highest BCUT2D eigenvalue weighted by molar-refractivity contribution is 7.15. The van der Waals surface area contributed by atoms with Gasteiger partial charge in [-0.2, -0.15) is 0 Å². The third-order valence-electron chi connectivity index (χ3n) is 2.22. The molecule has 0 aliphatic rings. The van der Waals surface area contributed by atoms with E-state index >= 15 is 0 Å². The summed E-state index contributed by atoms with van der Waals surface area (Å²) < 4.78 is 0. The van der Waals surface area contributed by atoms with Crippen molar-refractivity contribution in [1.82, 2.24) is 10.2 Å². The quantitative estimate of drug-likeness (QED) is 0.862. The third kappa shape index (κ3) is 3.03. The van der Waals surface area contributed by atoms with Crippen molar-refractivity contribution in [3.8, 4) is 0 Å². The lowest BCUT2D eigenvalue weighted by Crippen LogP contribution is -1.98. The van der Waals surface area contributed by atoms with Crippen molar-refractivity contribution in [3.05, 3.63) is 40.9 Å². The van der Waals surface area contributed by atoms with Crippen LogP contribution in [0, 0.1) is 0 Å². The van der Waals surface area contributed by atoms with E-state index in [9.17, 15) is 0 Å². The van der Waals surface area contributed by atoms with Crippen LogP contribution >= 0.6 is 11.3 Å². The van der Waals surface area contributed by atoms with Gasteiger partial charge in [0.25, 0.3) is 0 Å². The molecule has 0 radical (unpaired) electrons. The van der Waals surface area contributed by atoms with Gasteiger partial charge in [-0.3, -0.25) is 0 Å². The first-order valence-corrected chi connectivity index (χ1v) is 6.30. The molecular weight excluding hydrogens is 218 g/mol. The standard InChI is InChI=1S/C12H15N3S/c1-2-6-11-14-15-12(16-11)13-9-10-7-4-3-5-8-10/h3-5,7-8H,2,6,9H2,1H3,(H,13,15). The molecule has 0 aliphatic carbocycles. The lowest BCUT2D eigenvalue weighted by Gasteiger charge is -2.00. The zero-order valence-corrected chi connectivity index (χ0v) is 10.1. The average molecular weight is 233 g/mol. The maximum absolute atomic E-state index is 4.12. The van der Waals surface area contributed by atoms with Gasteiger partial charge in [0.1, 0.15) is 5.01 Å². The van der Waals surface area contributed by atoms with Crippen LogP contribution in [-0.4, -0.2) is 10.2 Å². The highest BCUT2D eigenvalue weighted by atomic mass is 32.1. The number of aryl methyl sites for hydroxylation is 1. The molecule has 2 aromatic rings. The minimum Gasteiger partial charge on any atom is -0.356 e. The van der Waals surface area contributed by atoms with Gasteiger partial charge in [0.05, 0.1) is 0 Å². The van der Waals surface area contributed by atoms with Crippen LogP contribution in [-0.2, 0) is 13.0 Å². The highest BCUT2D eigenvalue weighted by Crippen LogP contribution is 2.17. The Morgan fingerprint density at radius 2 is 2.00 bits per heavy atom. The van der Waals surface area contributed by atoms with Gasteiger partial charge in [0, 0.05) is 13.0 Å². The molecule has 1 aromatic carbocycles. The minimum atomic E-state index is 0.807. The Labute approximate surface area is 99.5 Å². The highest BCUT2D eigenvalue weighted by Gasteiger charge is 2.02. The van der Waals surface area contributed by atoms with Crippen molar-refractivity contribution >= 4 is 16.5 Å². The summed E-state index contributed by atoms with van der Waals surface area (Å²) >= 11 is 1.64. The first-order chi connectivity index (χ1) is 7.88. The molecule has 0 unspecified atom stereocenters. The van der Waals surface area contributed by atoms with Gasteiger partial charge in [-0.15, -0.1) is 10.2 Å². The number of benzene rings is 1. The van der Waals surface area contributed by atoms with E-state index in [4.69, 9.17) is 0 Å². The SMILES string of the molecule is CCCc1nnc(NCc2ccccc2)s1. The third-order valence-corrected chi connectivity index (χ3v) is 3.16. The second kappa shape index (κ2) is 5.61. The maximum atomic E-state index is 4.12. The maximum Gasteiger partial charge on any atom is 0.205 e. The van der Waals surface area contributed by atoms with Crippen molar-refractivity contribution in [2.24, 2.45) is 0 Å². The summed E-state index contributed by atoms with van der Waals surface area (Å²) in [7, 11) is 0. The van der Waals surface area contributed by atoms with Crippen LogP contribution in [0.25, 0.3) is 0 Å². The van der Waals surface area contributed by atoms with Crippen LogP contribution in [0.3, 0.4) is 0 Å². The Kier molecular flexibility index (Phi) is 3.88. The molecule has 16 heavy (non-hydrogen) atoms. The van der Waals surface area contributed by atoms with Crippen LogP contribution in [0.1, 0.15) is 23.9 Å². The largest absolute Gasteiger partial charge is 0.356 e. The molecule has 1 heterocycles. The Bertz CT molecular complexity index is 425. The lowest BCUT2D eigenvalue weighted by atomic mass is 10.2. The molecular formula is C12H15N3S. The van der Waals surface area contributed by atoms with E-state index in [-0.39, 0.29) is 0 Å². The van der Waals surface area contributed by atoms with E-state index in [1.807, 2.05) is 18.2 Å². The molecule has 1 N–H and O–H groups in total. The summed E-state index contributed by atoms with van der Waals surface area (Å²) in [4.78, 5) is 0. The summed E-state index contributed by atoms with van der Waals surface area (Å²) in [5.74, 6) is 0. The predicted molar refractivity (Wildman–Crippen MR) is 67.7 cm³/mol. The van der Waals surface area contributed by atoms with Crippen LogP contribution in [0.2, 0.25) is 0 Å². The summed E-state index contributed by atoms with van der Waals surface area (Å²) in [6, 6.07) is 10.3. The molecule has 0 fully saturated rings. The monoisotopic (exact) mass is 233 g/mol. The zero-order valence-electron chi connectivity index (χ0n) is 9.31. The Balaban J connectivity index is 1.89. The fourth-order valence-corrected chi connectivity index (χ4v) is 2.25. The summed E-state index contributed by atoms with van der Waals surface area (Å²) in [6.45, 7) is 2.96. The number of anilines is 1. The van der Waals surface area contributed by atoms with Gasteiger partial charge in [-0.25, -0.2) is 0 Å². The normalized spacial score (nSPS) is 10.3. The van der Waals surface area contributed by atoms with E-state index in [1.54, 1.807) is 11.3 Å². The van der Waals surface area contributed by atoms with Gasteiger partial charge in [-0.05, 0) is 12.0 Å². The zero-order chi connectivity index (χ0) is 11.2. The minimum absolute atomic E-state index is 0.807. The Morgan fingerprint density at radius 1 is 1.19 bits per heavy atom. The second-order valence-electron chi connectivity index (χ2n) is 3.59. The number of aromatic nitrogens is 2. The first kappa shape index (κ1) is 11.1. The number of nitrogens with one attached hydrogen (secondary N) is 1. The van der Waals surface area contributed by atoms with Gasteiger partial charge in [0.15, 0.2) is 0 Å². The molecule has 0 spiro atoms. The van der Waals surface area contributed by atoms with E-state index in [0.717, 1.165) is 29.5 Å². The van der Waals surface area contributed by atoms with Crippen molar-refractivity contribution < 1.29 is 0 Å². The molecule has 1 aromatic heterocycles. The lowest BCUT2D eigenvalue weighted by molar-refractivity contribution is 0.877. The molecule has 2 rings (SSSR count). The molecule has 0 saturated carbocycles. The average Bonchev–Trinajstić information content (AvgIpc) is 2.76. The van der Waals surface area contributed by atoms with E-state index in [1.165, 1.54) is 5.56 Å². The molecule has 0 saturated heterocycles. The van der Waals surface area contributed by atoms with Gasteiger partial charge < -0.3 is 5.32 Å². The van der Waals surface area contributed by atoms with Crippen molar-refractivity contribution in [2.45, 2.75) is 26.3 Å². The molecule has 0 bridgehead atoms. The Morgan fingerprint density at radius 3 is 2.75 bits per heavy atom. The van der Waals surface area contributed by atoms with Crippen LogP contribution in [0.15, 0.2) is 30.3 Å². The van der Waals surface area contributed by atoms with Crippen molar-refractivity contribution in [2.75, 3.05) is 5.32 Å². The van der Waals surface area contributed by atoms with Crippen LogP contribution in [0.4, 0.5) is 5.13 Å². The number of nitrogens with zero attached hydrogens (tertiary/aromatic N) is 2. The first-order valence-electron chi connectivity index (χ1n) is 5.48. The number of hydrogen-bond acceptors (Lipinski definition) is 4. The van der Waals surface area contributed by atoms with Gasteiger partial charge in [-0.1, -0.05) is 48.6 Å². The molecule has 4 heteroatoms. The number of rotatable bonds is 5. The van der Waals surface area contributed by atoms with Gasteiger partial charge >= 0.3 is 0 Å². The topological polar surface area (TPSA) is 37.8 Å². The summed E-state index contributed by atoms with van der Waals surface area (Å²) in [5, 5.41) is 13.5. The molecule has 3 nitrogen and oxygen atoms in total.